The summed E-state index contributed by atoms with van der Waals surface area (Å²) < 4.78 is 25.9. The van der Waals surface area contributed by atoms with E-state index >= 15 is 0 Å². The second-order valence-corrected chi connectivity index (χ2v) is 7.91. The largest absolute Gasteiger partial charge is 0.496 e. The molecule has 0 amide bonds. The maximum atomic E-state index is 13.4. The molecule has 0 radical (unpaired) electrons. The van der Waals surface area contributed by atoms with E-state index in [0.717, 1.165) is 44.8 Å². The fraction of sp³-hybridized carbons (Fsp3) is 0.174. The third kappa shape index (κ3) is 3.17. The van der Waals surface area contributed by atoms with Gasteiger partial charge in [0.15, 0.2) is 0 Å². The van der Waals surface area contributed by atoms with Gasteiger partial charge in [0.05, 0.1) is 23.3 Å². The van der Waals surface area contributed by atoms with Gasteiger partial charge in [-0.1, -0.05) is 30.3 Å². The molecule has 0 saturated carbocycles. The molecular formula is C23H18BrFN2O2. The average Bonchev–Trinajstić information content (AvgIpc) is 3.19. The van der Waals surface area contributed by atoms with Gasteiger partial charge in [-0.2, -0.15) is 5.10 Å². The monoisotopic (exact) mass is 452 g/mol. The highest BCUT2D eigenvalue weighted by Gasteiger charge is 2.40. The number of hydrogen-bond donors (Lipinski definition) is 0. The highest BCUT2D eigenvalue weighted by Crippen LogP contribution is 2.47. The number of rotatable bonds is 3. The summed E-state index contributed by atoms with van der Waals surface area (Å²) >= 11 is 3.56. The van der Waals surface area contributed by atoms with Crippen molar-refractivity contribution in [2.45, 2.75) is 18.7 Å². The van der Waals surface area contributed by atoms with E-state index in [2.05, 4.69) is 22.0 Å². The van der Waals surface area contributed by atoms with Gasteiger partial charge in [-0.3, -0.25) is 0 Å². The van der Waals surface area contributed by atoms with Crippen LogP contribution in [0.4, 0.5) is 4.39 Å². The van der Waals surface area contributed by atoms with Crippen molar-refractivity contribution >= 4 is 21.6 Å². The van der Waals surface area contributed by atoms with E-state index in [1.165, 1.54) is 12.1 Å². The molecule has 2 aliphatic rings. The highest BCUT2D eigenvalue weighted by molar-refractivity contribution is 9.10. The first kappa shape index (κ1) is 18.2. The van der Waals surface area contributed by atoms with Gasteiger partial charge in [-0.15, -0.1) is 0 Å². The average molecular weight is 453 g/mol. The lowest BCUT2D eigenvalue weighted by Crippen LogP contribution is -2.33. The third-order valence-electron chi connectivity index (χ3n) is 5.34. The summed E-state index contributed by atoms with van der Waals surface area (Å²) in [5.41, 5.74) is 3.93. The van der Waals surface area contributed by atoms with E-state index < -0.39 is 0 Å². The van der Waals surface area contributed by atoms with Crippen molar-refractivity contribution in [2.24, 2.45) is 5.10 Å². The SMILES string of the molecule is COc1ccc([C@@H]2Oc3ccccc3[C@@H]3CC(c4ccc(F)cc4)=NN32)cc1Br. The Kier molecular flexibility index (Phi) is 4.51. The van der Waals surface area contributed by atoms with Gasteiger partial charge in [0.2, 0.25) is 6.23 Å². The molecule has 0 spiro atoms. The molecule has 0 bridgehead atoms. The minimum absolute atomic E-state index is 0.0610. The number of para-hydroxylation sites is 1. The van der Waals surface area contributed by atoms with Gasteiger partial charge < -0.3 is 9.47 Å². The molecule has 6 heteroatoms. The maximum Gasteiger partial charge on any atom is 0.213 e. The molecule has 0 saturated heterocycles. The quantitative estimate of drug-likeness (QED) is 0.500. The predicted octanol–water partition coefficient (Wildman–Crippen LogP) is 5.84. The van der Waals surface area contributed by atoms with E-state index in [-0.39, 0.29) is 18.1 Å². The van der Waals surface area contributed by atoms with E-state index in [4.69, 9.17) is 14.6 Å². The molecule has 0 fully saturated rings. The lowest BCUT2D eigenvalue weighted by atomic mass is 9.96. The van der Waals surface area contributed by atoms with Gasteiger partial charge in [-0.05, 0) is 57.9 Å². The zero-order valence-corrected chi connectivity index (χ0v) is 17.3. The lowest BCUT2D eigenvalue weighted by Gasteiger charge is -2.38. The molecule has 2 heterocycles. The molecule has 2 aliphatic heterocycles. The summed E-state index contributed by atoms with van der Waals surface area (Å²) in [6.07, 6.45) is 0.370. The minimum Gasteiger partial charge on any atom is -0.496 e. The zero-order chi connectivity index (χ0) is 20.0. The van der Waals surface area contributed by atoms with Gasteiger partial charge in [0.1, 0.15) is 17.3 Å². The van der Waals surface area contributed by atoms with Gasteiger partial charge in [-0.25, -0.2) is 9.40 Å². The van der Waals surface area contributed by atoms with Crippen LogP contribution < -0.4 is 9.47 Å². The molecule has 0 aromatic heterocycles. The van der Waals surface area contributed by atoms with Crippen molar-refractivity contribution in [3.63, 3.8) is 0 Å². The number of benzene rings is 3. The first-order valence-electron chi connectivity index (χ1n) is 9.35. The second kappa shape index (κ2) is 7.19. The van der Waals surface area contributed by atoms with E-state index in [0.29, 0.717) is 0 Å². The third-order valence-corrected chi connectivity index (χ3v) is 5.96. The Morgan fingerprint density at radius 3 is 2.66 bits per heavy atom. The van der Waals surface area contributed by atoms with Crippen LogP contribution in [0.25, 0.3) is 0 Å². The Labute approximate surface area is 176 Å². The molecule has 4 nitrogen and oxygen atoms in total. The van der Waals surface area contributed by atoms with Crippen molar-refractivity contribution in [3.05, 3.63) is 93.7 Å². The van der Waals surface area contributed by atoms with Crippen LogP contribution in [0.2, 0.25) is 0 Å². The first-order valence-corrected chi connectivity index (χ1v) is 10.1. The van der Waals surface area contributed by atoms with Gasteiger partial charge in [0, 0.05) is 17.5 Å². The Bertz CT molecular complexity index is 1100. The topological polar surface area (TPSA) is 34.1 Å². The highest BCUT2D eigenvalue weighted by atomic mass is 79.9. The maximum absolute atomic E-state index is 13.4. The van der Waals surface area contributed by atoms with Crippen LogP contribution in [-0.2, 0) is 0 Å². The zero-order valence-electron chi connectivity index (χ0n) is 15.7. The molecule has 3 aromatic rings. The van der Waals surface area contributed by atoms with Crippen molar-refractivity contribution in [2.75, 3.05) is 7.11 Å². The summed E-state index contributed by atoms with van der Waals surface area (Å²) in [4.78, 5) is 0. The summed E-state index contributed by atoms with van der Waals surface area (Å²) in [6.45, 7) is 0. The summed E-state index contributed by atoms with van der Waals surface area (Å²) in [7, 11) is 1.64. The van der Waals surface area contributed by atoms with Crippen LogP contribution in [0.3, 0.4) is 0 Å². The molecule has 0 N–H and O–H groups in total. The molecule has 3 aromatic carbocycles. The number of hydrazone groups is 1. The summed E-state index contributed by atoms with van der Waals surface area (Å²) in [5.74, 6) is 1.37. The molecule has 5 rings (SSSR count). The number of ether oxygens (including phenoxy) is 2. The van der Waals surface area contributed by atoms with Gasteiger partial charge in [0.25, 0.3) is 0 Å². The van der Waals surface area contributed by atoms with E-state index in [9.17, 15) is 4.39 Å². The van der Waals surface area contributed by atoms with Crippen LogP contribution in [0.5, 0.6) is 11.5 Å². The fourth-order valence-corrected chi connectivity index (χ4v) is 4.47. The van der Waals surface area contributed by atoms with Crippen LogP contribution in [0, 0.1) is 5.82 Å². The lowest BCUT2D eigenvalue weighted by molar-refractivity contribution is -0.0190. The molecule has 29 heavy (non-hydrogen) atoms. The van der Waals surface area contributed by atoms with Crippen LogP contribution in [-0.4, -0.2) is 17.8 Å². The molecule has 146 valence electrons. The predicted molar refractivity (Wildman–Crippen MR) is 113 cm³/mol. The standard InChI is InChI=1S/C23H18BrFN2O2/c1-28-22-11-8-15(12-18(22)24)23-27-20(17-4-2-3-5-21(17)29-23)13-19(26-27)14-6-9-16(25)10-7-14/h2-12,20,23H,13H2,1H3/t20-,23-/m0/s1. The molecule has 0 aliphatic carbocycles. The van der Waals surface area contributed by atoms with Crippen molar-refractivity contribution in [1.29, 1.82) is 0 Å². The Balaban J connectivity index is 1.58. The van der Waals surface area contributed by atoms with Crippen molar-refractivity contribution < 1.29 is 13.9 Å². The van der Waals surface area contributed by atoms with Crippen LogP contribution >= 0.6 is 15.9 Å². The van der Waals surface area contributed by atoms with Crippen LogP contribution in [0.15, 0.2) is 76.3 Å². The number of hydrogen-bond acceptors (Lipinski definition) is 4. The van der Waals surface area contributed by atoms with Crippen molar-refractivity contribution in [3.8, 4) is 11.5 Å². The molecule has 0 unspecified atom stereocenters. The van der Waals surface area contributed by atoms with Crippen molar-refractivity contribution in [1.82, 2.24) is 5.01 Å². The van der Waals surface area contributed by atoms with E-state index in [1.807, 2.05) is 41.4 Å². The molecule has 2 atom stereocenters. The minimum atomic E-state index is -0.366. The normalized spacial score (nSPS) is 19.8. The van der Waals surface area contributed by atoms with E-state index in [1.54, 1.807) is 19.2 Å². The summed E-state index contributed by atoms with van der Waals surface area (Å²) in [6, 6.07) is 20.5. The van der Waals surface area contributed by atoms with Gasteiger partial charge >= 0.3 is 0 Å². The smallest absolute Gasteiger partial charge is 0.213 e. The summed E-state index contributed by atoms with van der Waals surface area (Å²) in [5, 5.41) is 6.90. The Morgan fingerprint density at radius 2 is 1.90 bits per heavy atom. The number of fused-ring (bicyclic) bond motifs is 3. The first-order chi connectivity index (χ1) is 14.1. The molecular weight excluding hydrogens is 435 g/mol. The Hall–Kier alpha value is -2.86. The number of methoxy groups -OCH3 is 1. The Morgan fingerprint density at radius 1 is 1.10 bits per heavy atom. The number of nitrogens with zero attached hydrogens (tertiary/aromatic N) is 2. The fourth-order valence-electron chi connectivity index (χ4n) is 3.91. The second-order valence-electron chi connectivity index (χ2n) is 7.06. The van der Waals surface area contributed by atoms with Crippen LogP contribution in [0.1, 0.15) is 35.4 Å². The number of halogens is 2.